The van der Waals surface area contributed by atoms with Gasteiger partial charge in [-0.05, 0) is 6.54 Å². The van der Waals surface area contributed by atoms with Crippen molar-refractivity contribution < 1.29 is 0 Å². The molecule has 1 saturated heterocycles. The Bertz CT molecular complexity index is 119. The molecule has 1 aliphatic rings. The molecule has 2 nitrogen and oxygen atoms in total. The predicted octanol–water partition coefficient (Wildman–Crippen LogP) is 1.03. The third-order valence-corrected chi connectivity index (χ3v) is 3.32. The lowest BCUT2D eigenvalue weighted by Gasteiger charge is -2.30. The number of likely N-dealkylation sites (N-methyl/N-ethyl adjacent to an activating group) is 1. The van der Waals surface area contributed by atoms with Crippen molar-refractivity contribution in [1.29, 1.82) is 0 Å². The van der Waals surface area contributed by atoms with Gasteiger partial charge in [0.05, 0.1) is 0 Å². The standard InChI is InChI=1S/C9H20N2S/c1-3-10-4-5-11-6-7-12-9(2)8-11/h9-10H,3-8H2,1-2H3. The average molecular weight is 188 g/mol. The Morgan fingerprint density at radius 2 is 2.42 bits per heavy atom. The largest absolute Gasteiger partial charge is 0.316 e. The first kappa shape index (κ1) is 10.4. The summed E-state index contributed by atoms with van der Waals surface area (Å²) in [5.41, 5.74) is 0. The van der Waals surface area contributed by atoms with Crippen LogP contribution in [0, 0.1) is 0 Å². The summed E-state index contributed by atoms with van der Waals surface area (Å²) in [6.45, 7) is 10.5. The zero-order chi connectivity index (χ0) is 8.81. The maximum atomic E-state index is 3.36. The van der Waals surface area contributed by atoms with E-state index in [1.54, 1.807) is 0 Å². The summed E-state index contributed by atoms with van der Waals surface area (Å²) in [5, 5.41) is 4.20. The molecule has 1 rings (SSSR count). The highest BCUT2D eigenvalue weighted by molar-refractivity contribution is 7.99. The van der Waals surface area contributed by atoms with E-state index in [9.17, 15) is 0 Å². The number of hydrogen-bond acceptors (Lipinski definition) is 3. The molecular weight excluding hydrogens is 168 g/mol. The molecule has 0 radical (unpaired) electrons. The Kier molecular flexibility index (Phi) is 5.04. The molecule has 0 amide bonds. The van der Waals surface area contributed by atoms with Crippen molar-refractivity contribution in [2.75, 3.05) is 38.5 Å². The zero-order valence-corrected chi connectivity index (χ0v) is 8.99. The minimum Gasteiger partial charge on any atom is -0.316 e. The molecule has 1 N–H and O–H groups in total. The van der Waals surface area contributed by atoms with Crippen LogP contribution < -0.4 is 5.32 Å². The number of hydrogen-bond donors (Lipinski definition) is 1. The first-order valence-corrected chi connectivity index (χ1v) is 5.92. The molecule has 0 aliphatic carbocycles. The highest BCUT2D eigenvalue weighted by Gasteiger charge is 2.15. The van der Waals surface area contributed by atoms with E-state index in [0.29, 0.717) is 0 Å². The Morgan fingerprint density at radius 1 is 1.58 bits per heavy atom. The van der Waals surface area contributed by atoms with Crippen molar-refractivity contribution in [3.05, 3.63) is 0 Å². The van der Waals surface area contributed by atoms with Crippen molar-refractivity contribution >= 4 is 11.8 Å². The Morgan fingerprint density at radius 3 is 3.08 bits per heavy atom. The van der Waals surface area contributed by atoms with Gasteiger partial charge in [0.25, 0.3) is 0 Å². The second kappa shape index (κ2) is 5.84. The van der Waals surface area contributed by atoms with E-state index in [-0.39, 0.29) is 0 Å². The van der Waals surface area contributed by atoms with Crippen LogP contribution in [0.3, 0.4) is 0 Å². The van der Waals surface area contributed by atoms with Crippen molar-refractivity contribution in [2.24, 2.45) is 0 Å². The first-order valence-electron chi connectivity index (χ1n) is 4.87. The molecule has 1 aliphatic heterocycles. The van der Waals surface area contributed by atoms with Gasteiger partial charge >= 0.3 is 0 Å². The summed E-state index contributed by atoms with van der Waals surface area (Å²) in [6.07, 6.45) is 0. The smallest absolute Gasteiger partial charge is 0.0147 e. The lowest BCUT2D eigenvalue weighted by molar-refractivity contribution is 0.286. The molecule has 1 heterocycles. The van der Waals surface area contributed by atoms with Gasteiger partial charge in [0.15, 0.2) is 0 Å². The van der Waals surface area contributed by atoms with Gasteiger partial charge in [-0.1, -0.05) is 13.8 Å². The average Bonchev–Trinajstić information content (AvgIpc) is 2.05. The van der Waals surface area contributed by atoms with Crippen LogP contribution in [0.2, 0.25) is 0 Å². The van der Waals surface area contributed by atoms with Crippen LogP contribution in [0.1, 0.15) is 13.8 Å². The Hall–Kier alpha value is 0.270. The third kappa shape index (κ3) is 3.78. The number of thioether (sulfide) groups is 1. The normalized spacial score (nSPS) is 26.0. The first-order chi connectivity index (χ1) is 5.83. The third-order valence-electron chi connectivity index (χ3n) is 2.18. The van der Waals surface area contributed by atoms with E-state index < -0.39 is 0 Å². The van der Waals surface area contributed by atoms with Crippen LogP contribution in [0.5, 0.6) is 0 Å². The molecule has 0 aromatic carbocycles. The van der Waals surface area contributed by atoms with Crippen molar-refractivity contribution in [2.45, 2.75) is 19.1 Å². The second-order valence-electron chi connectivity index (χ2n) is 3.34. The summed E-state index contributed by atoms with van der Waals surface area (Å²) in [4.78, 5) is 2.56. The van der Waals surface area contributed by atoms with Gasteiger partial charge in [-0.25, -0.2) is 0 Å². The molecule has 0 aromatic rings. The van der Waals surface area contributed by atoms with Gasteiger partial charge in [-0.2, -0.15) is 11.8 Å². The minimum absolute atomic E-state index is 0.834. The second-order valence-corrected chi connectivity index (χ2v) is 4.88. The van der Waals surface area contributed by atoms with Gasteiger partial charge in [0, 0.05) is 37.2 Å². The molecule has 0 aromatic heterocycles. The van der Waals surface area contributed by atoms with Crippen LogP contribution in [0.15, 0.2) is 0 Å². The highest BCUT2D eigenvalue weighted by atomic mass is 32.2. The molecule has 1 atom stereocenters. The van der Waals surface area contributed by atoms with Crippen LogP contribution in [0.25, 0.3) is 0 Å². The van der Waals surface area contributed by atoms with Gasteiger partial charge in [-0.15, -0.1) is 0 Å². The topological polar surface area (TPSA) is 15.3 Å². The fourth-order valence-electron chi connectivity index (χ4n) is 1.51. The molecule has 72 valence electrons. The minimum atomic E-state index is 0.834. The molecule has 1 unspecified atom stereocenters. The molecule has 0 saturated carbocycles. The number of nitrogens with zero attached hydrogens (tertiary/aromatic N) is 1. The van der Waals surface area contributed by atoms with Gasteiger partial charge in [0.2, 0.25) is 0 Å². The lowest BCUT2D eigenvalue weighted by Crippen LogP contribution is -2.40. The quantitative estimate of drug-likeness (QED) is 0.664. The molecular formula is C9H20N2S. The molecule has 12 heavy (non-hydrogen) atoms. The fraction of sp³-hybridized carbons (Fsp3) is 1.00. The van der Waals surface area contributed by atoms with Crippen LogP contribution in [-0.2, 0) is 0 Å². The van der Waals surface area contributed by atoms with E-state index in [1.807, 2.05) is 0 Å². The van der Waals surface area contributed by atoms with Crippen LogP contribution in [0.4, 0.5) is 0 Å². The van der Waals surface area contributed by atoms with Gasteiger partial charge < -0.3 is 10.2 Å². The maximum Gasteiger partial charge on any atom is 0.0147 e. The summed E-state index contributed by atoms with van der Waals surface area (Å²) in [5.74, 6) is 1.31. The number of rotatable bonds is 4. The van der Waals surface area contributed by atoms with Crippen LogP contribution >= 0.6 is 11.8 Å². The summed E-state index contributed by atoms with van der Waals surface area (Å²) in [6, 6.07) is 0. The van der Waals surface area contributed by atoms with E-state index in [2.05, 4.69) is 35.8 Å². The van der Waals surface area contributed by atoms with Crippen LogP contribution in [-0.4, -0.2) is 48.6 Å². The lowest BCUT2D eigenvalue weighted by atomic mass is 10.4. The number of nitrogens with one attached hydrogen (secondary N) is 1. The molecule has 0 bridgehead atoms. The Labute approximate surface area is 80.1 Å². The van der Waals surface area contributed by atoms with E-state index >= 15 is 0 Å². The SMILES string of the molecule is CCNCCN1CCSC(C)C1. The summed E-state index contributed by atoms with van der Waals surface area (Å²) in [7, 11) is 0. The summed E-state index contributed by atoms with van der Waals surface area (Å²) >= 11 is 2.10. The zero-order valence-electron chi connectivity index (χ0n) is 8.18. The van der Waals surface area contributed by atoms with Crippen molar-refractivity contribution in [1.82, 2.24) is 10.2 Å². The maximum absolute atomic E-state index is 3.36. The molecule has 0 spiro atoms. The summed E-state index contributed by atoms with van der Waals surface area (Å²) < 4.78 is 0. The molecule has 3 heteroatoms. The Balaban J connectivity index is 2.06. The van der Waals surface area contributed by atoms with E-state index in [4.69, 9.17) is 0 Å². The van der Waals surface area contributed by atoms with E-state index in [0.717, 1.165) is 18.3 Å². The van der Waals surface area contributed by atoms with Gasteiger partial charge in [-0.3, -0.25) is 0 Å². The van der Waals surface area contributed by atoms with Crippen molar-refractivity contribution in [3.8, 4) is 0 Å². The van der Waals surface area contributed by atoms with Gasteiger partial charge in [0.1, 0.15) is 0 Å². The van der Waals surface area contributed by atoms with E-state index in [1.165, 1.54) is 25.4 Å². The monoisotopic (exact) mass is 188 g/mol. The highest BCUT2D eigenvalue weighted by Crippen LogP contribution is 2.16. The van der Waals surface area contributed by atoms with Crippen molar-refractivity contribution in [3.63, 3.8) is 0 Å². The molecule has 1 fully saturated rings. The fourth-order valence-corrected chi connectivity index (χ4v) is 2.59. The predicted molar refractivity (Wildman–Crippen MR) is 56.9 cm³/mol.